The quantitative estimate of drug-likeness (QED) is 0.278. The van der Waals surface area contributed by atoms with Crippen molar-refractivity contribution in [3.8, 4) is 11.4 Å². The summed E-state index contributed by atoms with van der Waals surface area (Å²) in [4.78, 5) is 22.2. The number of aryl methyl sites for hydroxylation is 3. The van der Waals surface area contributed by atoms with Gasteiger partial charge in [0.1, 0.15) is 5.75 Å². The van der Waals surface area contributed by atoms with Crippen molar-refractivity contribution in [1.29, 1.82) is 0 Å². The number of rotatable bonds is 9. The molecule has 0 bridgehead atoms. The number of carbonyl (C=O) groups is 1. The molecule has 0 fully saturated rings. The lowest BCUT2D eigenvalue weighted by atomic mass is 10.1. The van der Waals surface area contributed by atoms with Crippen LogP contribution < -0.4 is 10.1 Å². The van der Waals surface area contributed by atoms with Crippen LogP contribution in [0.2, 0.25) is 0 Å². The molecule has 0 spiro atoms. The first kappa shape index (κ1) is 24.4. The Morgan fingerprint density at radius 2 is 1.74 bits per heavy atom. The summed E-state index contributed by atoms with van der Waals surface area (Å²) in [5.74, 6) is 0.978. The molecule has 1 amide bonds. The number of carbonyl (C=O) groups excluding carboxylic acids is 1. The summed E-state index contributed by atoms with van der Waals surface area (Å²) < 4.78 is 7.12. The molecule has 2 aromatic carbocycles. The molecular weight excluding hydrogens is 460 g/mol. The number of hydrogen-bond acceptors (Lipinski definition) is 7. The van der Waals surface area contributed by atoms with E-state index in [0.717, 1.165) is 34.0 Å². The highest BCUT2D eigenvalue weighted by Crippen LogP contribution is 2.24. The Labute approximate surface area is 209 Å². The highest BCUT2D eigenvalue weighted by molar-refractivity contribution is 7.98. The standard InChI is InChI=1S/C26H28N6O2S/c1-17-9-11-21(12-10-17)32-22(16-35-26-28-18(2)15-19(3)29-26)24(30-31-32)25(33)27-14-13-20-7-5-6-8-23(20)34-4/h5-12,15H,13-14,16H2,1-4H3,(H,27,33). The average molecular weight is 489 g/mol. The molecular formula is C26H28N6O2S. The van der Waals surface area contributed by atoms with Crippen molar-refractivity contribution in [2.75, 3.05) is 13.7 Å². The summed E-state index contributed by atoms with van der Waals surface area (Å²) in [5.41, 5.74) is 5.80. The van der Waals surface area contributed by atoms with Crippen molar-refractivity contribution in [3.05, 3.63) is 88.5 Å². The molecule has 0 unspecified atom stereocenters. The third kappa shape index (κ3) is 6.05. The Kier molecular flexibility index (Phi) is 7.77. The number of thioether (sulfide) groups is 1. The van der Waals surface area contributed by atoms with Gasteiger partial charge in [0.25, 0.3) is 5.91 Å². The van der Waals surface area contributed by atoms with Crippen molar-refractivity contribution in [2.45, 2.75) is 38.1 Å². The number of nitrogens with zero attached hydrogens (tertiary/aromatic N) is 5. The molecule has 2 heterocycles. The monoisotopic (exact) mass is 488 g/mol. The van der Waals surface area contributed by atoms with Gasteiger partial charge in [-0.15, -0.1) is 5.10 Å². The minimum atomic E-state index is -0.268. The van der Waals surface area contributed by atoms with E-state index in [1.807, 2.05) is 75.4 Å². The number of para-hydroxylation sites is 1. The van der Waals surface area contributed by atoms with Gasteiger partial charge < -0.3 is 10.1 Å². The van der Waals surface area contributed by atoms with Crippen LogP contribution in [0.15, 0.2) is 59.8 Å². The number of amides is 1. The van der Waals surface area contributed by atoms with E-state index in [1.165, 1.54) is 11.8 Å². The zero-order valence-electron chi connectivity index (χ0n) is 20.3. The van der Waals surface area contributed by atoms with E-state index < -0.39 is 0 Å². The number of hydrogen-bond donors (Lipinski definition) is 1. The van der Waals surface area contributed by atoms with E-state index >= 15 is 0 Å². The second-order valence-corrected chi connectivity index (χ2v) is 9.11. The third-order valence-corrected chi connectivity index (χ3v) is 6.29. The van der Waals surface area contributed by atoms with Gasteiger partial charge in [0, 0.05) is 23.7 Å². The minimum absolute atomic E-state index is 0.268. The molecule has 0 aliphatic heterocycles. The Hall–Kier alpha value is -3.72. The number of methoxy groups -OCH3 is 1. The smallest absolute Gasteiger partial charge is 0.273 e. The number of aromatic nitrogens is 5. The topological polar surface area (TPSA) is 94.8 Å². The Morgan fingerprint density at radius 3 is 2.46 bits per heavy atom. The molecule has 8 nitrogen and oxygen atoms in total. The molecule has 9 heteroatoms. The first-order valence-corrected chi connectivity index (χ1v) is 12.3. The third-order valence-electron chi connectivity index (χ3n) is 5.43. The lowest BCUT2D eigenvalue weighted by molar-refractivity contribution is 0.0948. The lowest BCUT2D eigenvalue weighted by Crippen LogP contribution is -2.27. The summed E-state index contributed by atoms with van der Waals surface area (Å²) in [5, 5.41) is 12.2. The largest absolute Gasteiger partial charge is 0.496 e. The Balaban J connectivity index is 1.55. The molecule has 2 aromatic heterocycles. The van der Waals surface area contributed by atoms with Gasteiger partial charge in [-0.1, -0.05) is 52.9 Å². The van der Waals surface area contributed by atoms with Gasteiger partial charge in [-0.05, 0) is 57.0 Å². The maximum Gasteiger partial charge on any atom is 0.273 e. The predicted molar refractivity (Wildman–Crippen MR) is 136 cm³/mol. The summed E-state index contributed by atoms with van der Waals surface area (Å²) in [6.07, 6.45) is 0.641. The van der Waals surface area contributed by atoms with E-state index in [1.54, 1.807) is 11.8 Å². The maximum atomic E-state index is 13.1. The summed E-state index contributed by atoms with van der Waals surface area (Å²) in [7, 11) is 1.64. The Bertz CT molecular complexity index is 1300. The van der Waals surface area contributed by atoms with E-state index in [0.29, 0.717) is 35.3 Å². The predicted octanol–water partition coefficient (Wildman–Crippen LogP) is 4.26. The van der Waals surface area contributed by atoms with E-state index in [4.69, 9.17) is 4.74 Å². The average Bonchev–Trinajstić information content (AvgIpc) is 3.27. The summed E-state index contributed by atoms with van der Waals surface area (Å²) >= 11 is 1.46. The summed E-state index contributed by atoms with van der Waals surface area (Å²) in [6.45, 7) is 6.36. The van der Waals surface area contributed by atoms with Crippen molar-refractivity contribution in [1.82, 2.24) is 30.3 Å². The van der Waals surface area contributed by atoms with Crippen molar-refractivity contribution in [3.63, 3.8) is 0 Å². The van der Waals surface area contributed by atoms with Crippen LogP contribution in [0.3, 0.4) is 0 Å². The zero-order valence-corrected chi connectivity index (χ0v) is 21.1. The number of nitrogens with one attached hydrogen (secondary N) is 1. The van der Waals surface area contributed by atoms with Gasteiger partial charge in [0.05, 0.1) is 18.5 Å². The van der Waals surface area contributed by atoms with Crippen LogP contribution in [0.25, 0.3) is 5.69 Å². The lowest BCUT2D eigenvalue weighted by Gasteiger charge is -2.10. The molecule has 4 rings (SSSR count). The molecule has 35 heavy (non-hydrogen) atoms. The maximum absolute atomic E-state index is 13.1. The van der Waals surface area contributed by atoms with Gasteiger partial charge in [0.2, 0.25) is 0 Å². The SMILES string of the molecule is COc1ccccc1CCNC(=O)c1nnn(-c2ccc(C)cc2)c1CSc1nc(C)cc(C)n1. The van der Waals surface area contributed by atoms with E-state index in [9.17, 15) is 4.79 Å². The first-order chi connectivity index (χ1) is 16.9. The molecule has 4 aromatic rings. The van der Waals surface area contributed by atoms with Crippen LogP contribution in [0.1, 0.15) is 38.7 Å². The van der Waals surface area contributed by atoms with Crippen LogP contribution in [0.4, 0.5) is 0 Å². The molecule has 0 saturated carbocycles. The Morgan fingerprint density at radius 1 is 1.03 bits per heavy atom. The molecule has 0 atom stereocenters. The molecule has 0 aliphatic rings. The van der Waals surface area contributed by atoms with Crippen molar-refractivity contribution >= 4 is 17.7 Å². The van der Waals surface area contributed by atoms with Crippen LogP contribution in [-0.4, -0.2) is 44.5 Å². The van der Waals surface area contributed by atoms with Gasteiger partial charge in [-0.3, -0.25) is 4.79 Å². The van der Waals surface area contributed by atoms with E-state index in [-0.39, 0.29) is 5.91 Å². The summed E-state index contributed by atoms with van der Waals surface area (Å²) in [6, 6.07) is 17.7. The number of ether oxygens (including phenoxy) is 1. The van der Waals surface area contributed by atoms with Gasteiger partial charge in [-0.2, -0.15) is 0 Å². The van der Waals surface area contributed by atoms with Crippen molar-refractivity contribution in [2.24, 2.45) is 0 Å². The van der Waals surface area contributed by atoms with Gasteiger partial charge >= 0.3 is 0 Å². The van der Waals surface area contributed by atoms with Gasteiger partial charge in [0.15, 0.2) is 10.9 Å². The van der Waals surface area contributed by atoms with Gasteiger partial charge in [-0.25, -0.2) is 14.6 Å². The molecule has 0 aliphatic carbocycles. The van der Waals surface area contributed by atoms with Crippen molar-refractivity contribution < 1.29 is 9.53 Å². The second kappa shape index (κ2) is 11.1. The minimum Gasteiger partial charge on any atom is -0.496 e. The fourth-order valence-electron chi connectivity index (χ4n) is 3.70. The zero-order chi connectivity index (χ0) is 24.8. The fraction of sp³-hybridized carbons (Fsp3) is 0.269. The molecule has 1 N–H and O–H groups in total. The van der Waals surface area contributed by atoms with Crippen LogP contribution >= 0.6 is 11.8 Å². The first-order valence-electron chi connectivity index (χ1n) is 11.3. The number of benzene rings is 2. The second-order valence-electron chi connectivity index (χ2n) is 8.17. The molecule has 0 saturated heterocycles. The highest BCUT2D eigenvalue weighted by atomic mass is 32.2. The van der Waals surface area contributed by atoms with E-state index in [2.05, 4.69) is 25.6 Å². The molecule has 180 valence electrons. The molecule has 0 radical (unpaired) electrons. The van der Waals surface area contributed by atoms with Crippen LogP contribution in [-0.2, 0) is 12.2 Å². The van der Waals surface area contributed by atoms with Crippen LogP contribution in [0, 0.1) is 20.8 Å². The highest BCUT2D eigenvalue weighted by Gasteiger charge is 2.21. The van der Waals surface area contributed by atoms with Crippen LogP contribution in [0.5, 0.6) is 5.75 Å². The normalized spacial score (nSPS) is 10.9. The fourth-order valence-corrected chi connectivity index (χ4v) is 4.64.